The van der Waals surface area contributed by atoms with Crippen molar-refractivity contribution in [1.82, 2.24) is 9.80 Å². The molecule has 0 bridgehead atoms. The molecule has 0 saturated carbocycles. The molecule has 294 valence electrons. The van der Waals surface area contributed by atoms with E-state index in [9.17, 15) is 0 Å². The second-order valence-electron chi connectivity index (χ2n) is 16.4. The van der Waals surface area contributed by atoms with Crippen molar-refractivity contribution in [3.63, 3.8) is 0 Å². The first-order valence-corrected chi connectivity index (χ1v) is 23.1. The van der Waals surface area contributed by atoms with Crippen molar-refractivity contribution in [2.45, 2.75) is 219 Å². The number of rotatable bonds is 34. The molecule has 0 aromatic heterocycles. The highest BCUT2D eigenvalue weighted by Gasteiger charge is 2.49. The lowest BCUT2D eigenvalue weighted by atomic mass is 9.78. The molecule has 2 atom stereocenters. The molecule has 3 rings (SSSR count). The zero-order valence-electron chi connectivity index (χ0n) is 34.8. The third kappa shape index (κ3) is 16.8. The van der Waals surface area contributed by atoms with Crippen LogP contribution < -0.4 is 0 Å². The van der Waals surface area contributed by atoms with Crippen LogP contribution in [0.2, 0.25) is 0 Å². The van der Waals surface area contributed by atoms with Crippen molar-refractivity contribution < 1.29 is 0 Å². The summed E-state index contributed by atoms with van der Waals surface area (Å²) in [5.41, 5.74) is 2.89. The smallest absolute Gasteiger partial charge is 0.123 e. The standard InChI is InChI=1S/C50H84N2/c1-4-7-9-11-13-15-17-18-19-20-21-22-23-25-27-29-37-43-52-45-44-51(42-36-28-26-24-16-14-12-10-8-5-2)50(52,46-47-38-32-30-33-39-47)49(6-3)48-40-34-31-35-41-48/h30-35,38-41,44-45,49H,4-29,36-37,42-43,46H2,1-3H3. The molecule has 2 heteroatoms. The quantitative estimate of drug-likeness (QED) is 0.0667. The van der Waals surface area contributed by atoms with Gasteiger partial charge >= 0.3 is 0 Å². The Hall–Kier alpha value is -2.22. The monoisotopic (exact) mass is 713 g/mol. The molecule has 1 aliphatic rings. The van der Waals surface area contributed by atoms with Crippen molar-refractivity contribution >= 4 is 0 Å². The Balaban J connectivity index is 1.49. The van der Waals surface area contributed by atoms with Gasteiger partial charge in [0.15, 0.2) is 0 Å². The van der Waals surface area contributed by atoms with E-state index in [1.54, 1.807) is 0 Å². The lowest BCUT2D eigenvalue weighted by molar-refractivity contribution is -0.00378. The zero-order chi connectivity index (χ0) is 36.8. The van der Waals surface area contributed by atoms with E-state index < -0.39 is 0 Å². The third-order valence-corrected chi connectivity index (χ3v) is 12.2. The number of unbranched alkanes of at least 4 members (excludes halogenated alkanes) is 25. The predicted octanol–water partition coefficient (Wildman–Crippen LogP) is 15.8. The Labute approximate surface area is 324 Å². The van der Waals surface area contributed by atoms with E-state index in [4.69, 9.17) is 0 Å². The van der Waals surface area contributed by atoms with Gasteiger partial charge < -0.3 is 9.80 Å². The second-order valence-corrected chi connectivity index (χ2v) is 16.4. The second kappa shape index (κ2) is 29.2. The zero-order valence-corrected chi connectivity index (χ0v) is 34.8. The van der Waals surface area contributed by atoms with Crippen LogP contribution in [0.1, 0.15) is 218 Å². The van der Waals surface area contributed by atoms with E-state index in [1.165, 1.54) is 184 Å². The Kier molecular flexibility index (Phi) is 24.8. The van der Waals surface area contributed by atoms with Crippen molar-refractivity contribution in [3.8, 4) is 0 Å². The van der Waals surface area contributed by atoms with Crippen LogP contribution in [-0.4, -0.2) is 28.6 Å². The highest BCUT2D eigenvalue weighted by atomic mass is 15.4. The minimum Gasteiger partial charge on any atom is -0.353 e. The molecule has 2 aromatic rings. The van der Waals surface area contributed by atoms with Crippen molar-refractivity contribution in [1.29, 1.82) is 0 Å². The molecule has 2 aromatic carbocycles. The summed E-state index contributed by atoms with van der Waals surface area (Å²) in [6.45, 7) is 9.35. The Morgan fingerprint density at radius 3 is 1.08 bits per heavy atom. The highest BCUT2D eigenvalue weighted by Crippen LogP contribution is 2.45. The normalized spacial score (nSPS) is 16.3. The molecule has 52 heavy (non-hydrogen) atoms. The van der Waals surface area contributed by atoms with Gasteiger partial charge in [-0.15, -0.1) is 0 Å². The van der Waals surface area contributed by atoms with Gasteiger partial charge in [0, 0.05) is 37.8 Å². The first kappa shape index (κ1) is 44.2. The van der Waals surface area contributed by atoms with Gasteiger partial charge in [-0.3, -0.25) is 0 Å². The Morgan fingerprint density at radius 1 is 0.404 bits per heavy atom. The maximum atomic E-state index is 2.79. The van der Waals surface area contributed by atoms with E-state index in [0.29, 0.717) is 5.92 Å². The SMILES string of the molecule is CCCCCCCCCCCCCCCCCCCN1C=CN(CCCCCCCCCCCC)C1(Cc1ccccc1)C(CC)c1ccccc1. The predicted molar refractivity (Wildman–Crippen MR) is 231 cm³/mol. The molecular weight excluding hydrogens is 629 g/mol. The number of nitrogens with zero attached hydrogens (tertiary/aromatic N) is 2. The minimum absolute atomic E-state index is 0.0637. The number of benzene rings is 2. The lowest BCUT2D eigenvalue weighted by Gasteiger charge is -2.51. The van der Waals surface area contributed by atoms with Crippen LogP contribution >= 0.6 is 0 Å². The molecule has 0 N–H and O–H groups in total. The summed E-state index contributed by atoms with van der Waals surface area (Å²) in [5.74, 6) is 0.442. The van der Waals surface area contributed by atoms with Crippen LogP contribution in [0.25, 0.3) is 0 Å². The van der Waals surface area contributed by atoms with Crippen LogP contribution in [0.15, 0.2) is 73.1 Å². The van der Waals surface area contributed by atoms with Crippen molar-refractivity contribution in [3.05, 3.63) is 84.2 Å². The largest absolute Gasteiger partial charge is 0.353 e. The fourth-order valence-electron chi connectivity index (χ4n) is 9.03. The van der Waals surface area contributed by atoms with E-state index in [1.807, 2.05) is 0 Å². The van der Waals surface area contributed by atoms with Crippen molar-refractivity contribution in [2.75, 3.05) is 13.1 Å². The van der Waals surface area contributed by atoms with Crippen LogP contribution in [0.4, 0.5) is 0 Å². The van der Waals surface area contributed by atoms with Crippen LogP contribution in [0.3, 0.4) is 0 Å². The molecule has 2 unspecified atom stereocenters. The number of hydrogen-bond acceptors (Lipinski definition) is 2. The topological polar surface area (TPSA) is 6.48 Å². The van der Waals surface area contributed by atoms with Crippen molar-refractivity contribution in [2.24, 2.45) is 0 Å². The average molecular weight is 713 g/mol. The summed E-state index contributed by atoms with van der Waals surface area (Å²) in [6, 6.07) is 22.9. The summed E-state index contributed by atoms with van der Waals surface area (Å²) < 4.78 is 0. The molecule has 0 fully saturated rings. The lowest BCUT2D eigenvalue weighted by Crippen LogP contribution is -2.59. The molecule has 1 aliphatic heterocycles. The molecular formula is C50H84N2. The van der Waals surface area contributed by atoms with E-state index in [0.717, 1.165) is 25.9 Å². The Bertz CT molecular complexity index is 1100. The summed E-state index contributed by atoms with van der Waals surface area (Å²) in [6.07, 6.45) is 45.3. The summed E-state index contributed by atoms with van der Waals surface area (Å²) in [7, 11) is 0. The fraction of sp³-hybridized carbons (Fsp3) is 0.720. The van der Waals surface area contributed by atoms with Crippen LogP contribution in [-0.2, 0) is 6.42 Å². The maximum absolute atomic E-state index is 2.79. The molecule has 0 aliphatic carbocycles. The maximum Gasteiger partial charge on any atom is 0.123 e. The third-order valence-electron chi connectivity index (χ3n) is 12.2. The van der Waals surface area contributed by atoms with Gasteiger partial charge in [0.05, 0.1) is 0 Å². The van der Waals surface area contributed by atoms with Gasteiger partial charge in [-0.1, -0.05) is 242 Å². The number of hydrogen-bond donors (Lipinski definition) is 0. The summed E-state index contributed by atoms with van der Waals surface area (Å²) >= 11 is 0. The first-order valence-electron chi connectivity index (χ1n) is 23.1. The van der Waals surface area contributed by atoms with Gasteiger partial charge in [0.1, 0.15) is 5.66 Å². The first-order chi connectivity index (χ1) is 25.8. The fourth-order valence-corrected chi connectivity index (χ4v) is 9.03. The highest BCUT2D eigenvalue weighted by molar-refractivity contribution is 5.30. The minimum atomic E-state index is -0.0637. The molecule has 0 saturated heterocycles. The molecule has 0 spiro atoms. The average Bonchev–Trinajstić information content (AvgIpc) is 3.50. The van der Waals surface area contributed by atoms with E-state index in [-0.39, 0.29) is 5.66 Å². The van der Waals surface area contributed by atoms with E-state index in [2.05, 4.69) is 104 Å². The van der Waals surface area contributed by atoms with Crippen LogP contribution in [0, 0.1) is 0 Å². The van der Waals surface area contributed by atoms with E-state index >= 15 is 0 Å². The van der Waals surface area contributed by atoms with Gasteiger partial charge in [0.2, 0.25) is 0 Å². The molecule has 0 radical (unpaired) electrons. The molecule has 2 nitrogen and oxygen atoms in total. The molecule has 0 amide bonds. The van der Waals surface area contributed by atoms with Gasteiger partial charge in [-0.2, -0.15) is 0 Å². The van der Waals surface area contributed by atoms with Gasteiger partial charge in [0.25, 0.3) is 0 Å². The summed E-state index contributed by atoms with van der Waals surface area (Å²) in [5, 5.41) is 0. The molecule has 1 heterocycles. The van der Waals surface area contributed by atoms with Gasteiger partial charge in [-0.25, -0.2) is 0 Å². The Morgan fingerprint density at radius 2 is 0.731 bits per heavy atom. The summed E-state index contributed by atoms with van der Waals surface area (Å²) in [4.78, 5) is 5.59. The van der Waals surface area contributed by atoms with Gasteiger partial charge in [-0.05, 0) is 30.4 Å². The van der Waals surface area contributed by atoms with Crippen LogP contribution in [0.5, 0.6) is 0 Å².